The molecule has 1 unspecified atom stereocenters. The molecular weight excluding hydrogens is 402 g/mol. The van der Waals surface area contributed by atoms with E-state index in [1.807, 2.05) is 12.3 Å². The molecule has 1 aliphatic rings. The third-order valence-electron chi connectivity index (χ3n) is 3.38. The SMILES string of the molecule is Cc1nc(C(NC2CC2)c2ncc(Br)cc2Br)sc1C. The highest BCUT2D eigenvalue weighted by Crippen LogP contribution is 2.34. The van der Waals surface area contributed by atoms with E-state index >= 15 is 0 Å². The maximum Gasteiger partial charge on any atom is 0.116 e. The molecule has 0 bridgehead atoms. The van der Waals surface area contributed by atoms with Crippen molar-refractivity contribution >= 4 is 43.2 Å². The Bertz CT molecular complexity index is 618. The first-order chi connectivity index (χ1) is 9.54. The van der Waals surface area contributed by atoms with E-state index in [1.54, 1.807) is 11.3 Å². The van der Waals surface area contributed by atoms with Crippen molar-refractivity contribution in [2.45, 2.75) is 38.8 Å². The van der Waals surface area contributed by atoms with Gasteiger partial charge in [0, 0.05) is 26.1 Å². The third-order valence-corrected chi connectivity index (χ3v) is 5.59. The van der Waals surface area contributed by atoms with Crippen LogP contribution in [0.15, 0.2) is 21.2 Å². The lowest BCUT2D eigenvalue weighted by molar-refractivity contribution is 0.582. The van der Waals surface area contributed by atoms with Gasteiger partial charge in [0.25, 0.3) is 0 Å². The van der Waals surface area contributed by atoms with Gasteiger partial charge in [-0.1, -0.05) is 0 Å². The van der Waals surface area contributed by atoms with Crippen LogP contribution in [0.25, 0.3) is 0 Å². The van der Waals surface area contributed by atoms with Crippen LogP contribution >= 0.6 is 43.2 Å². The fourth-order valence-electron chi connectivity index (χ4n) is 2.01. The largest absolute Gasteiger partial charge is 0.300 e. The molecule has 1 fully saturated rings. The lowest BCUT2D eigenvalue weighted by atomic mass is 10.2. The van der Waals surface area contributed by atoms with Gasteiger partial charge in [0.05, 0.1) is 11.4 Å². The monoisotopic (exact) mass is 415 g/mol. The molecule has 1 atom stereocenters. The average Bonchev–Trinajstić information content (AvgIpc) is 3.14. The second-order valence-corrected chi connectivity index (χ2v) is 8.09. The maximum atomic E-state index is 4.71. The molecule has 2 aromatic heterocycles. The van der Waals surface area contributed by atoms with Crippen LogP contribution < -0.4 is 5.32 Å². The lowest BCUT2D eigenvalue weighted by Crippen LogP contribution is -2.25. The Morgan fingerprint density at radius 3 is 2.65 bits per heavy atom. The van der Waals surface area contributed by atoms with E-state index in [1.165, 1.54) is 17.7 Å². The summed E-state index contributed by atoms with van der Waals surface area (Å²) in [5.41, 5.74) is 2.12. The second-order valence-electron chi connectivity index (χ2n) is 5.09. The van der Waals surface area contributed by atoms with E-state index in [2.05, 4.69) is 56.0 Å². The normalized spacial score (nSPS) is 16.4. The zero-order valence-corrected chi connectivity index (χ0v) is 15.3. The van der Waals surface area contributed by atoms with Crippen molar-refractivity contribution in [2.75, 3.05) is 0 Å². The lowest BCUT2D eigenvalue weighted by Gasteiger charge is -2.17. The van der Waals surface area contributed by atoms with Gasteiger partial charge in [-0.25, -0.2) is 4.98 Å². The minimum atomic E-state index is 0.0716. The molecule has 3 rings (SSSR count). The second kappa shape index (κ2) is 5.83. The Kier molecular flexibility index (Phi) is 4.26. The Labute approximate surface area is 139 Å². The average molecular weight is 417 g/mol. The molecule has 0 aromatic carbocycles. The zero-order valence-electron chi connectivity index (χ0n) is 11.3. The molecule has 0 spiro atoms. The van der Waals surface area contributed by atoms with Gasteiger partial charge in [0.1, 0.15) is 11.0 Å². The number of aryl methyl sites for hydroxylation is 2. The third kappa shape index (κ3) is 3.13. The molecule has 0 amide bonds. The number of hydrogen-bond donors (Lipinski definition) is 1. The molecule has 106 valence electrons. The van der Waals surface area contributed by atoms with Crippen LogP contribution in [0, 0.1) is 13.8 Å². The van der Waals surface area contributed by atoms with Gasteiger partial charge in [-0.3, -0.25) is 4.98 Å². The van der Waals surface area contributed by atoms with Gasteiger partial charge in [0.15, 0.2) is 0 Å². The molecule has 2 aromatic rings. The number of aromatic nitrogens is 2. The standard InChI is InChI=1S/C14H15Br2N3S/c1-7-8(2)20-14(18-7)13(19-10-3-4-10)12-11(16)5-9(15)6-17-12/h5-6,10,13,19H,3-4H2,1-2H3. The molecule has 1 aliphatic carbocycles. The van der Waals surface area contributed by atoms with Crippen LogP contribution in [-0.2, 0) is 0 Å². The predicted molar refractivity (Wildman–Crippen MR) is 89.2 cm³/mol. The first kappa shape index (κ1) is 14.6. The van der Waals surface area contributed by atoms with Crippen LogP contribution in [0.3, 0.4) is 0 Å². The van der Waals surface area contributed by atoms with Gasteiger partial charge < -0.3 is 5.32 Å². The molecular formula is C14H15Br2N3S. The van der Waals surface area contributed by atoms with Gasteiger partial charge in [-0.15, -0.1) is 11.3 Å². The highest BCUT2D eigenvalue weighted by Gasteiger charge is 2.30. The van der Waals surface area contributed by atoms with Gasteiger partial charge in [-0.05, 0) is 64.6 Å². The van der Waals surface area contributed by atoms with E-state index in [4.69, 9.17) is 4.98 Å². The summed E-state index contributed by atoms with van der Waals surface area (Å²) in [6, 6.07) is 2.71. The Morgan fingerprint density at radius 2 is 2.10 bits per heavy atom. The summed E-state index contributed by atoms with van der Waals surface area (Å²) in [7, 11) is 0. The summed E-state index contributed by atoms with van der Waals surface area (Å²) in [4.78, 5) is 10.6. The van der Waals surface area contributed by atoms with Crippen LogP contribution in [-0.4, -0.2) is 16.0 Å². The van der Waals surface area contributed by atoms with Crippen LogP contribution in [0.5, 0.6) is 0 Å². The molecule has 3 nitrogen and oxygen atoms in total. The number of halogens is 2. The smallest absolute Gasteiger partial charge is 0.116 e. The minimum Gasteiger partial charge on any atom is -0.300 e. The van der Waals surface area contributed by atoms with Gasteiger partial charge in [0.2, 0.25) is 0 Å². The van der Waals surface area contributed by atoms with Crippen molar-refractivity contribution < 1.29 is 0 Å². The number of thiazole rings is 1. The Balaban J connectivity index is 2.00. The van der Waals surface area contributed by atoms with Gasteiger partial charge in [-0.2, -0.15) is 0 Å². The molecule has 2 heterocycles. The van der Waals surface area contributed by atoms with Crippen molar-refractivity contribution in [3.8, 4) is 0 Å². The van der Waals surface area contributed by atoms with Crippen molar-refractivity contribution in [1.29, 1.82) is 0 Å². The van der Waals surface area contributed by atoms with Gasteiger partial charge >= 0.3 is 0 Å². The molecule has 0 aliphatic heterocycles. The summed E-state index contributed by atoms with van der Waals surface area (Å²) in [5, 5.41) is 4.76. The summed E-state index contributed by atoms with van der Waals surface area (Å²) < 4.78 is 1.99. The fraction of sp³-hybridized carbons (Fsp3) is 0.429. The summed E-state index contributed by atoms with van der Waals surface area (Å²) in [6.45, 7) is 4.18. The summed E-state index contributed by atoms with van der Waals surface area (Å²) in [5.74, 6) is 0. The van der Waals surface area contributed by atoms with E-state index in [-0.39, 0.29) is 6.04 Å². The quantitative estimate of drug-likeness (QED) is 0.795. The molecule has 20 heavy (non-hydrogen) atoms. The number of nitrogens with zero attached hydrogens (tertiary/aromatic N) is 2. The number of hydrogen-bond acceptors (Lipinski definition) is 4. The molecule has 1 saturated carbocycles. The Hall–Kier alpha value is -0.300. The maximum absolute atomic E-state index is 4.71. The van der Waals surface area contributed by atoms with Crippen molar-refractivity contribution in [3.05, 3.63) is 42.5 Å². The van der Waals surface area contributed by atoms with Crippen molar-refractivity contribution in [3.63, 3.8) is 0 Å². The van der Waals surface area contributed by atoms with E-state index in [0.717, 1.165) is 25.3 Å². The van der Waals surface area contributed by atoms with Crippen LogP contribution in [0.4, 0.5) is 0 Å². The molecule has 0 saturated heterocycles. The Morgan fingerprint density at radius 1 is 1.35 bits per heavy atom. The molecule has 1 N–H and O–H groups in total. The summed E-state index contributed by atoms with van der Waals surface area (Å²) in [6.07, 6.45) is 4.33. The number of rotatable bonds is 4. The first-order valence-electron chi connectivity index (χ1n) is 6.55. The fourth-order valence-corrected chi connectivity index (χ4v) is 4.22. The zero-order chi connectivity index (χ0) is 14.3. The highest BCUT2D eigenvalue weighted by molar-refractivity contribution is 9.11. The topological polar surface area (TPSA) is 37.8 Å². The molecule has 6 heteroatoms. The van der Waals surface area contributed by atoms with Crippen molar-refractivity contribution in [1.82, 2.24) is 15.3 Å². The van der Waals surface area contributed by atoms with E-state index in [9.17, 15) is 0 Å². The molecule has 0 radical (unpaired) electrons. The predicted octanol–water partition coefficient (Wildman–Crippen LogP) is 4.52. The first-order valence-corrected chi connectivity index (χ1v) is 8.95. The van der Waals surface area contributed by atoms with E-state index in [0.29, 0.717) is 6.04 Å². The van der Waals surface area contributed by atoms with E-state index < -0.39 is 0 Å². The number of nitrogens with one attached hydrogen (secondary N) is 1. The van der Waals surface area contributed by atoms with Crippen LogP contribution in [0.2, 0.25) is 0 Å². The highest BCUT2D eigenvalue weighted by atomic mass is 79.9. The summed E-state index contributed by atoms with van der Waals surface area (Å²) >= 11 is 8.83. The van der Waals surface area contributed by atoms with Crippen LogP contribution in [0.1, 0.15) is 40.2 Å². The number of pyridine rings is 1. The minimum absolute atomic E-state index is 0.0716. The van der Waals surface area contributed by atoms with Crippen molar-refractivity contribution in [2.24, 2.45) is 0 Å².